The lowest BCUT2D eigenvalue weighted by Crippen LogP contribution is -1.90. The molecule has 1 aromatic carbocycles. The Morgan fingerprint density at radius 1 is 1.19 bits per heavy atom. The van der Waals surface area contributed by atoms with Gasteiger partial charge in [-0.2, -0.15) is 0 Å². The summed E-state index contributed by atoms with van der Waals surface area (Å²) < 4.78 is 30.2. The Kier molecular flexibility index (Phi) is 3.68. The molecule has 84 valence electrons. The van der Waals surface area contributed by atoms with Crippen molar-refractivity contribution in [3.05, 3.63) is 46.3 Å². The predicted octanol–water partition coefficient (Wildman–Crippen LogP) is 4.80. The van der Waals surface area contributed by atoms with Crippen LogP contribution in [0.1, 0.15) is 0 Å². The Bertz CT molecular complexity index is 501. The molecule has 1 N–H and O–H groups in total. The minimum atomic E-state index is -0.616. The first-order valence-electron chi connectivity index (χ1n) is 4.28. The lowest BCUT2D eigenvalue weighted by molar-refractivity contribution is 0.586. The van der Waals surface area contributed by atoms with Crippen molar-refractivity contribution < 1.29 is 8.78 Å². The molecule has 6 heteroatoms. The molecule has 0 fully saturated rings. The summed E-state index contributed by atoms with van der Waals surface area (Å²) >= 11 is 8.37. The van der Waals surface area contributed by atoms with Gasteiger partial charge < -0.3 is 4.72 Å². The standard InChI is InChI=1S/C10H6ClF2NS2/c11-9-3-4-10(15-9)16-14-8-2-1-6(12)5-7(8)13/h1-5,14H. The van der Waals surface area contributed by atoms with Crippen molar-refractivity contribution >= 4 is 40.6 Å². The van der Waals surface area contributed by atoms with E-state index in [1.165, 1.54) is 35.4 Å². The largest absolute Gasteiger partial charge is 0.322 e. The van der Waals surface area contributed by atoms with Crippen molar-refractivity contribution in [3.8, 4) is 0 Å². The predicted molar refractivity (Wildman–Crippen MR) is 65.2 cm³/mol. The molecule has 0 saturated carbocycles. The number of rotatable bonds is 3. The SMILES string of the molecule is Fc1ccc(NSc2ccc(Cl)s2)c(F)c1. The first-order chi connectivity index (χ1) is 7.65. The van der Waals surface area contributed by atoms with Gasteiger partial charge in [-0.25, -0.2) is 8.78 Å². The molecule has 0 spiro atoms. The maximum atomic E-state index is 13.2. The van der Waals surface area contributed by atoms with Crippen LogP contribution in [0, 0.1) is 11.6 Å². The molecule has 0 aliphatic carbocycles. The highest BCUT2D eigenvalue weighted by Gasteiger charge is 2.04. The van der Waals surface area contributed by atoms with Gasteiger partial charge in [-0.1, -0.05) is 11.6 Å². The van der Waals surface area contributed by atoms with Gasteiger partial charge in [0.1, 0.15) is 11.6 Å². The van der Waals surface area contributed by atoms with Crippen LogP contribution in [0.3, 0.4) is 0 Å². The Hall–Kier alpha value is -0.780. The minimum Gasteiger partial charge on any atom is -0.322 e. The van der Waals surface area contributed by atoms with E-state index in [1.54, 1.807) is 6.07 Å². The van der Waals surface area contributed by atoms with E-state index in [4.69, 9.17) is 11.6 Å². The number of nitrogens with one attached hydrogen (secondary N) is 1. The monoisotopic (exact) mass is 277 g/mol. The van der Waals surface area contributed by atoms with Gasteiger partial charge in [-0.05, 0) is 36.2 Å². The van der Waals surface area contributed by atoms with Crippen molar-refractivity contribution in [1.82, 2.24) is 0 Å². The smallest absolute Gasteiger partial charge is 0.150 e. The number of benzene rings is 1. The molecule has 1 heterocycles. The third-order valence-corrected chi connectivity index (χ3v) is 3.93. The summed E-state index contributed by atoms with van der Waals surface area (Å²) in [6.07, 6.45) is 0. The summed E-state index contributed by atoms with van der Waals surface area (Å²) in [7, 11) is 0. The van der Waals surface area contributed by atoms with Crippen LogP contribution in [0.4, 0.5) is 14.5 Å². The van der Waals surface area contributed by atoms with Gasteiger partial charge in [-0.3, -0.25) is 0 Å². The van der Waals surface area contributed by atoms with E-state index in [-0.39, 0.29) is 5.69 Å². The van der Waals surface area contributed by atoms with Gasteiger partial charge in [-0.15, -0.1) is 11.3 Å². The summed E-state index contributed by atoms with van der Waals surface area (Å²) in [5.41, 5.74) is 0.246. The Balaban J connectivity index is 2.04. The summed E-state index contributed by atoms with van der Waals surface area (Å²) in [5.74, 6) is -1.21. The number of anilines is 1. The van der Waals surface area contributed by atoms with E-state index in [1.807, 2.05) is 6.07 Å². The van der Waals surface area contributed by atoms with E-state index in [0.717, 1.165) is 10.3 Å². The maximum absolute atomic E-state index is 13.2. The summed E-state index contributed by atoms with van der Waals surface area (Å²) in [5, 5.41) is 0. The third-order valence-electron chi connectivity index (χ3n) is 1.74. The fourth-order valence-electron chi connectivity index (χ4n) is 1.03. The Labute approximate surface area is 105 Å². The van der Waals surface area contributed by atoms with Crippen molar-refractivity contribution in [2.75, 3.05) is 4.72 Å². The van der Waals surface area contributed by atoms with Crippen molar-refractivity contribution in [3.63, 3.8) is 0 Å². The van der Waals surface area contributed by atoms with Crippen molar-refractivity contribution in [2.24, 2.45) is 0 Å². The molecule has 0 radical (unpaired) electrons. The maximum Gasteiger partial charge on any atom is 0.150 e. The van der Waals surface area contributed by atoms with Crippen LogP contribution in [0.15, 0.2) is 34.5 Å². The Morgan fingerprint density at radius 3 is 2.62 bits per heavy atom. The number of hydrogen-bond acceptors (Lipinski definition) is 3. The van der Waals surface area contributed by atoms with Crippen LogP contribution in [0.5, 0.6) is 0 Å². The fraction of sp³-hybridized carbons (Fsp3) is 0. The van der Waals surface area contributed by atoms with Gasteiger partial charge in [0.15, 0.2) is 0 Å². The van der Waals surface area contributed by atoms with Crippen molar-refractivity contribution in [2.45, 2.75) is 4.21 Å². The lowest BCUT2D eigenvalue weighted by atomic mass is 10.3. The summed E-state index contributed by atoms with van der Waals surface area (Å²) in [6.45, 7) is 0. The molecule has 1 aromatic heterocycles. The van der Waals surface area contributed by atoms with E-state index < -0.39 is 11.6 Å². The first kappa shape index (κ1) is 11.7. The molecular weight excluding hydrogens is 272 g/mol. The van der Waals surface area contributed by atoms with Crippen LogP contribution in [0.2, 0.25) is 4.34 Å². The van der Waals surface area contributed by atoms with Gasteiger partial charge in [0, 0.05) is 6.07 Å². The van der Waals surface area contributed by atoms with E-state index in [2.05, 4.69) is 4.72 Å². The molecular formula is C10H6ClF2NS2. The third kappa shape index (κ3) is 2.87. The summed E-state index contributed by atoms with van der Waals surface area (Å²) in [6, 6.07) is 6.98. The Morgan fingerprint density at radius 2 is 2.00 bits per heavy atom. The molecule has 0 aliphatic heterocycles. The van der Waals surface area contributed by atoms with E-state index in [9.17, 15) is 8.78 Å². The molecule has 0 unspecified atom stereocenters. The molecule has 2 rings (SSSR count). The van der Waals surface area contributed by atoms with E-state index in [0.29, 0.717) is 4.34 Å². The van der Waals surface area contributed by atoms with Crippen LogP contribution in [0.25, 0.3) is 0 Å². The average molecular weight is 278 g/mol. The van der Waals surface area contributed by atoms with Crippen LogP contribution < -0.4 is 4.72 Å². The van der Waals surface area contributed by atoms with Gasteiger partial charge in [0.25, 0.3) is 0 Å². The van der Waals surface area contributed by atoms with Crippen LogP contribution in [-0.2, 0) is 0 Å². The molecule has 16 heavy (non-hydrogen) atoms. The molecule has 0 amide bonds. The van der Waals surface area contributed by atoms with Gasteiger partial charge in [0.2, 0.25) is 0 Å². The molecule has 0 bridgehead atoms. The molecule has 0 aliphatic rings. The number of thiophene rings is 1. The minimum absolute atomic E-state index is 0.246. The van der Waals surface area contributed by atoms with Crippen LogP contribution >= 0.6 is 34.9 Å². The quantitative estimate of drug-likeness (QED) is 0.809. The van der Waals surface area contributed by atoms with E-state index >= 15 is 0 Å². The van der Waals surface area contributed by atoms with Gasteiger partial charge in [0.05, 0.1) is 14.2 Å². The zero-order valence-corrected chi connectivity index (χ0v) is 10.2. The lowest BCUT2D eigenvalue weighted by Gasteiger charge is -2.04. The fourth-order valence-corrected chi connectivity index (χ4v) is 3.02. The first-order valence-corrected chi connectivity index (χ1v) is 6.29. The normalized spacial score (nSPS) is 10.4. The zero-order valence-electron chi connectivity index (χ0n) is 7.84. The van der Waals surface area contributed by atoms with Crippen LogP contribution in [-0.4, -0.2) is 0 Å². The molecule has 0 atom stereocenters. The number of hydrogen-bond donors (Lipinski definition) is 1. The van der Waals surface area contributed by atoms with Crippen molar-refractivity contribution in [1.29, 1.82) is 0 Å². The van der Waals surface area contributed by atoms with Gasteiger partial charge >= 0.3 is 0 Å². The topological polar surface area (TPSA) is 12.0 Å². The second kappa shape index (κ2) is 5.03. The average Bonchev–Trinajstić information content (AvgIpc) is 2.63. The second-order valence-electron chi connectivity index (χ2n) is 2.89. The molecule has 1 nitrogen and oxygen atoms in total. The highest BCUT2D eigenvalue weighted by atomic mass is 35.5. The number of halogens is 3. The zero-order chi connectivity index (χ0) is 11.5. The highest BCUT2D eigenvalue weighted by molar-refractivity contribution is 8.02. The molecule has 2 aromatic rings. The second-order valence-corrected chi connectivity index (χ2v) is 5.71. The molecule has 0 saturated heterocycles. The highest BCUT2D eigenvalue weighted by Crippen LogP contribution is 2.31. The summed E-state index contributed by atoms with van der Waals surface area (Å²) in [4.78, 5) is 0.